The Balaban J connectivity index is 2.58. The van der Waals surface area contributed by atoms with Gasteiger partial charge in [-0.1, -0.05) is 13.8 Å². The first-order valence-corrected chi connectivity index (χ1v) is 6.88. The molecule has 1 unspecified atom stereocenters. The number of carbonyl (C=O) groups excluding carboxylic acids is 1. The summed E-state index contributed by atoms with van der Waals surface area (Å²) in [4.78, 5) is 13.7. The van der Waals surface area contributed by atoms with Crippen LogP contribution in [0.15, 0.2) is 21.2 Å². The van der Waals surface area contributed by atoms with Crippen molar-refractivity contribution >= 4 is 21.8 Å². The zero-order valence-electron chi connectivity index (χ0n) is 11.4. The second kappa shape index (κ2) is 6.95. The second-order valence-corrected chi connectivity index (χ2v) is 5.78. The van der Waals surface area contributed by atoms with Crippen LogP contribution < -0.4 is 5.32 Å². The van der Waals surface area contributed by atoms with Crippen molar-refractivity contribution in [3.63, 3.8) is 0 Å². The number of nitrogens with zero attached hydrogens (tertiary/aromatic N) is 1. The zero-order valence-corrected chi connectivity index (χ0v) is 13.0. The quantitative estimate of drug-likeness (QED) is 0.877. The van der Waals surface area contributed by atoms with Crippen LogP contribution in [-0.4, -0.2) is 30.9 Å². The van der Waals surface area contributed by atoms with E-state index in [0.717, 1.165) is 12.2 Å². The summed E-state index contributed by atoms with van der Waals surface area (Å²) in [5.41, 5.74) is 0. The summed E-state index contributed by atoms with van der Waals surface area (Å²) in [5.74, 6) is 1.39. The fraction of sp³-hybridized carbons (Fsp3) is 0.615. The lowest BCUT2D eigenvalue weighted by molar-refractivity contribution is -0.131. The normalized spacial score (nSPS) is 12.8. The van der Waals surface area contributed by atoms with Crippen LogP contribution in [0, 0.1) is 5.92 Å². The molecule has 0 spiro atoms. The van der Waals surface area contributed by atoms with E-state index in [1.165, 1.54) is 0 Å². The van der Waals surface area contributed by atoms with E-state index >= 15 is 0 Å². The van der Waals surface area contributed by atoms with Crippen molar-refractivity contribution in [2.45, 2.75) is 32.9 Å². The molecular formula is C13H21BrN2O2. The van der Waals surface area contributed by atoms with Gasteiger partial charge in [0.2, 0.25) is 5.91 Å². The summed E-state index contributed by atoms with van der Waals surface area (Å²) < 4.78 is 6.12. The molecule has 0 aliphatic rings. The third-order valence-electron chi connectivity index (χ3n) is 2.60. The maximum Gasteiger partial charge on any atom is 0.239 e. The topological polar surface area (TPSA) is 45.5 Å². The minimum absolute atomic E-state index is 0.106. The predicted molar refractivity (Wildman–Crippen MR) is 75.2 cm³/mol. The molecule has 4 nitrogen and oxygen atoms in total. The molecule has 1 atom stereocenters. The Morgan fingerprint density at radius 1 is 1.44 bits per heavy atom. The lowest BCUT2D eigenvalue weighted by Crippen LogP contribution is -2.44. The number of nitrogens with one attached hydrogen (secondary N) is 1. The van der Waals surface area contributed by atoms with Crippen LogP contribution in [0.1, 0.15) is 26.0 Å². The van der Waals surface area contributed by atoms with Crippen LogP contribution in [0.3, 0.4) is 0 Å². The average molecular weight is 317 g/mol. The molecule has 0 radical (unpaired) electrons. The summed E-state index contributed by atoms with van der Waals surface area (Å²) in [6.07, 6.45) is 0.818. The summed E-state index contributed by atoms with van der Waals surface area (Å²) >= 11 is 3.26. The Labute approximate surface area is 117 Å². The Morgan fingerprint density at radius 3 is 2.56 bits per heavy atom. The van der Waals surface area contributed by atoms with Crippen LogP contribution in [0.2, 0.25) is 0 Å². The van der Waals surface area contributed by atoms with Gasteiger partial charge in [-0.3, -0.25) is 10.1 Å². The Morgan fingerprint density at radius 2 is 2.11 bits per heavy atom. The fourth-order valence-corrected chi connectivity index (χ4v) is 2.07. The van der Waals surface area contributed by atoms with Gasteiger partial charge in [0.15, 0.2) is 4.67 Å². The molecule has 5 heteroatoms. The molecule has 0 aromatic carbocycles. The minimum atomic E-state index is -0.163. The molecule has 0 saturated carbocycles. The molecule has 0 bridgehead atoms. The van der Waals surface area contributed by atoms with Gasteiger partial charge in [-0.05, 0) is 40.4 Å². The molecule has 102 valence electrons. The first-order chi connectivity index (χ1) is 8.40. The van der Waals surface area contributed by atoms with E-state index in [4.69, 9.17) is 4.42 Å². The number of carbonyl (C=O) groups is 1. The summed E-state index contributed by atoms with van der Waals surface area (Å²) in [7, 11) is 3.56. The second-order valence-electron chi connectivity index (χ2n) is 5.00. The number of hydrogen-bond donors (Lipinski definition) is 1. The van der Waals surface area contributed by atoms with Gasteiger partial charge in [-0.2, -0.15) is 0 Å². The summed E-state index contributed by atoms with van der Waals surface area (Å²) in [6, 6.07) is 3.58. The first-order valence-electron chi connectivity index (χ1n) is 6.09. The van der Waals surface area contributed by atoms with Crippen LogP contribution in [-0.2, 0) is 11.3 Å². The lowest BCUT2D eigenvalue weighted by atomic mass is 10.0. The molecule has 18 heavy (non-hydrogen) atoms. The third-order valence-corrected chi connectivity index (χ3v) is 3.02. The van der Waals surface area contributed by atoms with Crippen LogP contribution in [0.4, 0.5) is 0 Å². The van der Waals surface area contributed by atoms with Gasteiger partial charge in [-0.15, -0.1) is 0 Å². The number of rotatable bonds is 6. The van der Waals surface area contributed by atoms with Crippen molar-refractivity contribution in [1.82, 2.24) is 10.2 Å². The molecule has 1 aromatic rings. The van der Waals surface area contributed by atoms with Crippen molar-refractivity contribution in [3.05, 3.63) is 22.6 Å². The minimum Gasteiger partial charge on any atom is -0.453 e. The van der Waals surface area contributed by atoms with Gasteiger partial charge in [-0.25, -0.2) is 0 Å². The smallest absolute Gasteiger partial charge is 0.239 e. The van der Waals surface area contributed by atoms with Crippen molar-refractivity contribution in [1.29, 1.82) is 0 Å². The molecule has 0 aliphatic carbocycles. The first kappa shape index (κ1) is 15.2. The number of hydrogen-bond acceptors (Lipinski definition) is 3. The van der Waals surface area contributed by atoms with Gasteiger partial charge in [0.05, 0.1) is 12.6 Å². The van der Waals surface area contributed by atoms with E-state index in [9.17, 15) is 4.79 Å². The Bertz CT molecular complexity index is 388. The maximum atomic E-state index is 12.0. The molecule has 1 rings (SSSR count). The van der Waals surface area contributed by atoms with Crippen molar-refractivity contribution in [2.75, 3.05) is 14.1 Å². The molecule has 1 aromatic heterocycles. The summed E-state index contributed by atoms with van der Waals surface area (Å²) in [5, 5.41) is 3.26. The number of amides is 1. The molecule has 0 fully saturated rings. The highest BCUT2D eigenvalue weighted by molar-refractivity contribution is 9.10. The van der Waals surface area contributed by atoms with Crippen molar-refractivity contribution in [3.8, 4) is 0 Å². The standard InChI is InChI=1S/C13H21BrN2O2/c1-9(2)7-11(13(17)16(3)4)15-8-10-5-6-12(14)18-10/h5-6,9,11,15H,7-8H2,1-4H3. The maximum absolute atomic E-state index is 12.0. The molecule has 1 heterocycles. The largest absolute Gasteiger partial charge is 0.453 e. The molecular weight excluding hydrogens is 296 g/mol. The van der Waals surface area contributed by atoms with E-state index in [1.807, 2.05) is 12.1 Å². The Kier molecular flexibility index (Phi) is 5.88. The highest BCUT2D eigenvalue weighted by atomic mass is 79.9. The van der Waals surface area contributed by atoms with Crippen molar-refractivity contribution < 1.29 is 9.21 Å². The van der Waals surface area contributed by atoms with E-state index in [0.29, 0.717) is 17.1 Å². The van der Waals surface area contributed by atoms with Gasteiger partial charge < -0.3 is 9.32 Å². The van der Waals surface area contributed by atoms with Crippen LogP contribution in [0.25, 0.3) is 0 Å². The van der Waals surface area contributed by atoms with Crippen LogP contribution >= 0.6 is 15.9 Å². The Hall–Kier alpha value is -0.810. The van der Waals surface area contributed by atoms with E-state index < -0.39 is 0 Å². The molecule has 1 amide bonds. The van der Waals surface area contributed by atoms with Gasteiger partial charge in [0.1, 0.15) is 5.76 Å². The fourth-order valence-electron chi connectivity index (χ4n) is 1.73. The van der Waals surface area contributed by atoms with E-state index in [-0.39, 0.29) is 11.9 Å². The van der Waals surface area contributed by atoms with Crippen molar-refractivity contribution in [2.24, 2.45) is 5.92 Å². The molecule has 0 saturated heterocycles. The number of furan rings is 1. The van der Waals surface area contributed by atoms with Gasteiger partial charge in [0, 0.05) is 14.1 Å². The predicted octanol–water partition coefficient (Wildman–Crippen LogP) is 2.63. The molecule has 0 aliphatic heterocycles. The van der Waals surface area contributed by atoms with Gasteiger partial charge >= 0.3 is 0 Å². The highest BCUT2D eigenvalue weighted by Crippen LogP contribution is 2.14. The monoisotopic (exact) mass is 316 g/mol. The zero-order chi connectivity index (χ0) is 13.7. The molecule has 1 N–H and O–H groups in total. The number of likely N-dealkylation sites (N-methyl/N-ethyl adjacent to an activating group) is 1. The summed E-state index contributed by atoms with van der Waals surface area (Å²) in [6.45, 7) is 4.78. The number of halogens is 1. The van der Waals surface area contributed by atoms with E-state index in [2.05, 4.69) is 35.1 Å². The van der Waals surface area contributed by atoms with E-state index in [1.54, 1.807) is 19.0 Å². The van der Waals surface area contributed by atoms with Gasteiger partial charge in [0.25, 0.3) is 0 Å². The third kappa shape index (κ3) is 4.82. The SMILES string of the molecule is CC(C)CC(NCc1ccc(Br)o1)C(=O)N(C)C. The van der Waals surface area contributed by atoms with Crippen LogP contribution in [0.5, 0.6) is 0 Å². The lowest BCUT2D eigenvalue weighted by Gasteiger charge is -2.22. The highest BCUT2D eigenvalue weighted by Gasteiger charge is 2.21. The average Bonchev–Trinajstić information content (AvgIpc) is 2.68.